The Morgan fingerprint density at radius 3 is 2.75 bits per heavy atom. The van der Waals surface area contributed by atoms with Gasteiger partial charge in [-0.3, -0.25) is 4.79 Å². The van der Waals surface area contributed by atoms with Crippen LogP contribution in [0.2, 0.25) is 0 Å². The molecule has 0 aliphatic carbocycles. The Balaban J connectivity index is 2.02. The first-order valence-electron chi connectivity index (χ1n) is 6.32. The van der Waals surface area contributed by atoms with Crippen molar-refractivity contribution in [2.75, 3.05) is 18.9 Å². The van der Waals surface area contributed by atoms with Gasteiger partial charge in [-0.25, -0.2) is 15.0 Å². The highest BCUT2D eigenvalue weighted by molar-refractivity contribution is 7.09. The van der Waals surface area contributed by atoms with Crippen molar-refractivity contribution in [3.05, 3.63) is 34.2 Å². The Bertz CT molecular complexity index is 581. The molecule has 106 valence electrons. The summed E-state index contributed by atoms with van der Waals surface area (Å²) in [5.41, 5.74) is 1.22. The molecule has 1 amide bonds. The van der Waals surface area contributed by atoms with E-state index < -0.39 is 0 Å². The number of carbonyl (C=O) groups is 1. The predicted molar refractivity (Wildman–Crippen MR) is 78.8 cm³/mol. The van der Waals surface area contributed by atoms with Crippen LogP contribution in [-0.2, 0) is 6.54 Å². The van der Waals surface area contributed by atoms with E-state index in [-0.39, 0.29) is 5.91 Å². The largest absolute Gasteiger partial charge is 0.369 e. The fourth-order valence-electron chi connectivity index (χ4n) is 1.70. The number of nitrogens with zero attached hydrogens (tertiary/aromatic N) is 4. The number of hydrogen-bond acceptors (Lipinski definition) is 6. The van der Waals surface area contributed by atoms with Crippen LogP contribution >= 0.6 is 11.3 Å². The fourth-order valence-corrected chi connectivity index (χ4v) is 2.31. The number of thiazole rings is 1. The van der Waals surface area contributed by atoms with Gasteiger partial charge in [0.25, 0.3) is 5.91 Å². The van der Waals surface area contributed by atoms with Gasteiger partial charge in [0.15, 0.2) is 0 Å². The van der Waals surface area contributed by atoms with Crippen molar-refractivity contribution in [1.82, 2.24) is 19.9 Å². The zero-order chi connectivity index (χ0) is 14.5. The van der Waals surface area contributed by atoms with Crippen LogP contribution in [0, 0.1) is 6.92 Å². The van der Waals surface area contributed by atoms with E-state index >= 15 is 0 Å². The molecule has 0 saturated carbocycles. The van der Waals surface area contributed by atoms with Crippen LogP contribution in [0.4, 0.5) is 5.82 Å². The van der Waals surface area contributed by atoms with E-state index in [1.165, 1.54) is 6.20 Å². The number of rotatable bonds is 5. The predicted octanol–water partition coefficient (Wildman–Crippen LogP) is 1.95. The first-order chi connectivity index (χ1) is 9.60. The van der Waals surface area contributed by atoms with Crippen molar-refractivity contribution in [1.29, 1.82) is 0 Å². The van der Waals surface area contributed by atoms with Crippen LogP contribution < -0.4 is 5.32 Å². The quantitative estimate of drug-likeness (QED) is 0.911. The normalized spacial score (nSPS) is 10.3. The molecule has 0 aromatic carbocycles. The summed E-state index contributed by atoms with van der Waals surface area (Å²) in [7, 11) is 1.73. The van der Waals surface area contributed by atoms with Crippen molar-refractivity contribution in [3.8, 4) is 0 Å². The van der Waals surface area contributed by atoms with E-state index in [0.717, 1.165) is 17.2 Å². The minimum atomic E-state index is -0.161. The first kappa shape index (κ1) is 14.4. The minimum absolute atomic E-state index is 0.161. The Kier molecular flexibility index (Phi) is 4.62. The third kappa shape index (κ3) is 3.51. The van der Waals surface area contributed by atoms with Crippen LogP contribution in [-0.4, -0.2) is 39.4 Å². The summed E-state index contributed by atoms with van der Waals surface area (Å²) in [4.78, 5) is 26.4. The lowest BCUT2D eigenvalue weighted by atomic mass is 10.3. The highest BCUT2D eigenvalue weighted by atomic mass is 32.1. The highest BCUT2D eigenvalue weighted by Crippen LogP contribution is 2.11. The van der Waals surface area contributed by atoms with Gasteiger partial charge < -0.3 is 10.2 Å². The molecule has 0 unspecified atom stereocenters. The second-order valence-electron chi connectivity index (χ2n) is 4.34. The van der Waals surface area contributed by atoms with E-state index in [4.69, 9.17) is 0 Å². The summed E-state index contributed by atoms with van der Waals surface area (Å²) < 4.78 is 0. The Labute approximate surface area is 121 Å². The Hall–Kier alpha value is -2.02. The van der Waals surface area contributed by atoms with Crippen LogP contribution in [0.15, 0.2) is 17.8 Å². The second kappa shape index (κ2) is 6.42. The number of nitrogens with one attached hydrogen (secondary N) is 1. The average Bonchev–Trinajstić information content (AvgIpc) is 2.84. The fraction of sp³-hybridized carbons (Fsp3) is 0.385. The van der Waals surface area contributed by atoms with Crippen LogP contribution in [0.3, 0.4) is 0 Å². The Morgan fingerprint density at radius 1 is 1.40 bits per heavy atom. The molecule has 0 fully saturated rings. The second-order valence-corrected chi connectivity index (χ2v) is 5.40. The van der Waals surface area contributed by atoms with E-state index in [1.54, 1.807) is 29.5 Å². The number of hydrogen-bond donors (Lipinski definition) is 1. The SMILES string of the molecule is CCNc1cnc(C(=O)N(C)Cc2csc(C)n2)cn1. The minimum Gasteiger partial charge on any atom is -0.369 e. The monoisotopic (exact) mass is 291 g/mol. The van der Waals surface area contributed by atoms with Gasteiger partial charge in [-0.05, 0) is 13.8 Å². The lowest BCUT2D eigenvalue weighted by molar-refractivity contribution is 0.0777. The van der Waals surface area contributed by atoms with Gasteiger partial charge in [-0.15, -0.1) is 11.3 Å². The summed E-state index contributed by atoms with van der Waals surface area (Å²) >= 11 is 1.58. The van der Waals surface area contributed by atoms with Gasteiger partial charge in [-0.1, -0.05) is 0 Å². The topological polar surface area (TPSA) is 71.0 Å². The van der Waals surface area contributed by atoms with Crippen LogP contribution in [0.5, 0.6) is 0 Å². The molecule has 0 radical (unpaired) electrons. The smallest absolute Gasteiger partial charge is 0.274 e. The standard InChI is InChI=1S/C13H17N5OS/c1-4-14-12-6-15-11(5-16-12)13(19)18(3)7-10-8-20-9(2)17-10/h5-6,8H,4,7H2,1-3H3,(H,14,16). The molecule has 20 heavy (non-hydrogen) atoms. The number of aromatic nitrogens is 3. The number of aryl methyl sites for hydroxylation is 1. The first-order valence-corrected chi connectivity index (χ1v) is 7.20. The van der Waals surface area contributed by atoms with Crippen LogP contribution in [0.1, 0.15) is 28.1 Å². The molecule has 2 aromatic heterocycles. The number of amides is 1. The molecule has 2 rings (SSSR count). The maximum Gasteiger partial charge on any atom is 0.274 e. The van der Waals surface area contributed by atoms with Crippen molar-refractivity contribution >= 4 is 23.1 Å². The summed E-state index contributed by atoms with van der Waals surface area (Å²) in [5, 5.41) is 5.99. The number of anilines is 1. The average molecular weight is 291 g/mol. The van der Waals surface area contributed by atoms with E-state index in [9.17, 15) is 4.79 Å². The molecule has 0 aliphatic rings. The molecule has 2 heterocycles. The van der Waals surface area contributed by atoms with Gasteiger partial charge in [0.2, 0.25) is 0 Å². The van der Waals surface area contributed by atoms with Crippen molar-refractivity contribution in [2.24, 2.45) is 0 Å². The van der Waals surface area contributed by atoms with Crippen molar-refractivity contribution < 1.29 is 4.79 Å². The third-order valence-electron chi connectivity index (χ3n) is 2.64. The molecule has 6 nitrogen and oxygen atoms in total. The zero-order valence-electron chi connectivity index (χ0n) is 11.8. The van der Waals surface area contributed by atoms with Gasteiger partial charge in [0.05, 0.1) is 29.6 Å². The van der Waals surface area contributed by atoms with Gasteiger partial charge in [0.1, 0.15) is 11.5 Å². The molecule has 7 heteroatoms. The maximum absolute atomic E-state index is 12.2. The maximum atomic E-state index is 12.2. The van der Waals surface area contributed by atoms with E-state index in [2.05, 4.69) is 20.3 Å². The highest BCUT2D eigenvalue weighted by Gasteiger charge is 2.15. The molecular formula is C13H17N5OS. The molecule has 0 saturated heterocycles. The van der Waals surface area contributed by atoms with E-state index in [1.807, 2.05) is 19.2 Å². The molecule has 0 spiro atoms. The zero-order valence-corrected chi connectivity index (χ0v) is 12.6. The molecule has 0 bridgehead atoms. The molecule has 0 atom stereocenters. The van der Waals surface area contributed by atoms with Crippen molar-refractivity contribution in [3.63, 3.8) is 0 Å². The molecular weight excluding hydrogens is 274 g/mol. The lowest BCUT2D eigenvalue weighted by Gasteiger charge is -2.15. The molecule has 0 aliphatic heterocycles. The van der Waals surface area contributed by atoms with Gasteiger partial charge in [0, 0.05) is 19.0 Å². The van der Waals surface area contributed by atoms with Gasteiger partial charge in [-0.2, -0.15) is 0 Å². The number of carbonyl (C=O) groups excluding carboxylic acids is 1. The summed E-state index contributed by atoms with van der Waals surface area (Å²) in [5.74, 6) is 0.507. The molecule has 1 N–H and O–H groups in total. The van der Waals surface area contributed by atoms with Crippen LogP contribution in [0.25, 0.3) is 0 Å². The third-order valence-corrected chi connectivity index (χ3v) is 3.46. The summed E-state index contributed by atoms with van der Waals surface area (Å²) in [6, 6.07) is 0. The summed E-state index contributed by atoms with van der Waals surface area (Å²) in [6.45, 7) is 5.16. The molecule has 2 aromatic rings. The summed E-state index contributed by atoms with van der Waals surface area (Å²) in [6.07, 6.45) is 3.06. The van der Waals surface area contributed by atoms with Gasteiger partial charge >= 0.3 is 0 Å². The van der Waals surface area contributed by atoms with E-state index in [0.29, 0.717) is 18.1 Å². The Morgan fingerprint density at radius 2 is 2.20 bits per heavy atom. The van der Waals surface area contributed by atoms with Crippen molar-refractivity contribution in [2.45, 2.75) is 20.4 Å². The lowest BCUT2D eigenvalue weighted by Crippen LogP contribution is -2.27.